The number of nitrogens with zero attached hydrogens (tertiary/aromatic N) is 1. The molecule has 62 nitrogen and oxygen atoms in total. The van der Waals surface area contributed by atoms with Crippen molar-refractivity contribution < 1.29 is 160 Å². The van der Waals surface area contributed by atoms with Gasteiger partial charge in [-0.3, -0.25) is 135 Å². The first-order valence-electron chi connectivity index (χ1n) is 43.8. The number of guanidine groups is 1. The Labute approximate surface area is 808 Å². The third kappa shape index (κ3) is 49.2. The second-order valence-electron chi connectivity index (χ2n) is 31.9. The summed E-state index contributed by atoms with van der Waals surface area (Å²) in [7, 11) is 0. The fraction of sp³-hybridized carbons (Fsp3) is 0.575. The van der Waals surface area contributed by atoms with E-state index in [1.54, 1.807) is 13.8 Å². The number of likely N-dealkylation sites (tertiary alicyclic amines) is 1. The topological polar surface area (TPSA) is 976 Å². The lowest BCUT2D eigenvalue weighted by atomic mass is 10.0. The van der Waals surface area contributed by atoms with Gasteiger partial charge in [-0.15, -0.1) is 0 Å². The van der Waals surface area contributed by atoms with Crippen molar-refractivity contribution in [3.8, 4) is 5.75 Å². The Morgan fingerprint density at radius 3 is 1.11 bits per heavy atom. The number of carboxylic acid groups (broad SMARTS) is 2. The van der Waals surface area contributed by atoms with E-state index in [4.69, 9.17) is 27.7 Å². The van der Waals surface area contributed by atoms with Crippen molar-refractivity contribution in [2.75, 3.05) is 111 Å². The van der Waals surface area contributed by atoms with Crippen molar-refractivity contribution >= 4 is 166 Å². The Morgan fingerprint density at radius 1 is 0.366 bits per heavy atom. The molecule has 788 valence electrons. The van der Waals surface area contributed by atoms with E-state index in [1.807, 2.05) is 0 Å². The molecule has 142 heavy (non-hydrogen) atoms. The zero-order valence-electron chi connectivity index (χ0n) is 78.2. The molecule has 0 unspecified atom stereocenters. The van der Waals surface area contributed by atoms with Crippen molar-refractivity contribution in [2.24, 2.45) is 23.1 Å². The van der Waals surface area contributed by atoms with Crippen LogP contribution in [-0.4, -0.2) is 391 Å². The average molecular weight is 2020 g/mol. The predicted molar refractivity (Wildman–Crippen MR) is 483 cm³/mol. The summed E-state index contributed by atoms with van der Waals surface area (Å²) in [4.78, 5) is 347. The van der Waals surface area contributed by atoms with Crippen LogP contribution in [0.25, 0.3) is 0 Å². The first-order valence-corrected chi connectivity index (χ1v) is 43.8. The molecule has 1 aliphatic heterocycles. The Bertz CT molecular complexity index is 4700. The van der Waals surface area contributed by atoms with E-state index in [2.05, 4.69) is 128 Å². The molecule has 62 heteroatoms. The average Bonchev–Trinajstić information content (AvgIpc) is 1.68. The zero-order valence-corrected chi connectivity index (χ0v) is 78.2. The van der Waals surface area contributed by atoms with Crippen molar-refractivity contribution in [1.29, 1.82) is 5.41 Å². The number of phenolic OH excluding ortho intramolecular Hbond substituents is 1. The molecule has 25 amide bonds. The van der Waals surface area contributed by atoms with Crippen molar-refractivity contribution in [3.63, 3.8) is 0 Å². The minimum Gasteiger partial charge on any atom is -0.508 e. The molecular formula is C80H125N29O33. The molecule has 37 N–H and O–H groups in total. The number of primary amides is 1. The van der Waals surface area contributed by atoms with E-state index in [9.17, 15) is 155 Å². The molecule has 1 saturated heterocycles. The maximum absolute atomic E-state index is 14.2. The standard InChI is InChI=1S/C80H125N29O33/c1-37(2)19-46(71(134)96-33-66(128)129)106-77(140)48(21-65(126)127)107-75(138)44(15-16-53(82)114)101-60(121)25-86-56(117)24-95-78(141)52-10-8-18-109(52)79(142)45(9-7-17-85-80(83)84)102-61(122)26-87-55(116)23-92-74(137)51(36-112)108-76(139)47(20-42-11-13-43(113)14-12-42)103-62(123)32-94-73(136)50(35-111)105-64(125)31-91-70(133)41(6)99-58(119)28-89-68(131)39(4)100-59(120)29-93-72(135)49(34-110)104-63(124)30-90-69(132)40(5)98-57(118)27-88-67(130)38(3)97-54(115)22-81/h11-14,37-41,44-52,110-113H,7-10,15-36,81H2,1-6H3,(H2,82,114)(H,86,117)(H,87,116)(H,88,130)(H,89,131)(H,90,132)(H,91,133)(H,92,137)(H,93,135)(H,94,136)(H,95,141)(H,96,134)(H,97,115)(H,98,118)(H,99,119)(H,100,120)(H,101,121)(H,102,122)(H,103,123)(H,104,124)(H,105,125)(H,106,140)(H,107,138)(H,108,139)(H,126,127)(H,128,129)(H4,83,84,85)/t38-,39-,40-,41-,44-,45-,46-,47-,48-,49-,50-,51-,52-/m0/s1. The molecule has 1 aromatic carbocycles. The molecule has 1 aliphatic rings. The van der Waals surface area contributed by atoms with Gasteiger partial charge in [-0.25, -0.2) is 0 Å². The van der Waals surface area contributed by atoms with Gasteiger partial charge >= 0.3 is 11.9 Å². The summed E-state index contributed by atoms with van der Waals surface area (Å²) in [5.74, 6) is -28.9. The van der Waals surface area contributed by atoms with Crippen LogP contribution in [0.1, 0.15) is 98.5 Å². The molecule has 0 bridgehead atoms. The molecule has 1 fully saturated rings. The number of aliphatic carboxylic acids is 2. The maximum Gasteiger partial charge on any atom is 0.322 e. The Kier molecular flexibility index (Phi) is 55.0. The van der Waals surface area contributed by atoms with Gasteiger partial charge in [0.25, 0.3) is 0 Å². The summed E-state index contributed by atoms with van der Waals surface area (Å²) in [5, 5.41) is 119. The molecule has 2 rings (SSSR count). The lowest BCUT2D eigenvalue weighted by Gasteiger charge is -2.29. The normalized spacial score (nSPS) is 14.3. The van der Waals surface area contributed by atoms with E-state index in [1.165, 1.54) is 45.0 Å². The summed E-state index contributed by atoms with van der Waals surface area (Å²) < 4.78 is 0. The highest BCUT2D eigenvalue weighted by Gasteiger charge is 2.40. The fourth-order valence-corrected chi connectivity index (χ4v) is 12.3. The molecular weight excluding hydrogens is 1900 g/mol. The lowest BCUT2D eigenvalue weighted by molar-refractivity contribution is -0.142. The highest BCUT2D eigenvalue weighted by molar-refractivity contribution is 6.02. The number of hydrogen-bond acceptors (Lipinski definition) is 33. The number of phenols is 1. The highest BCUT2D eigenvalue weighted by atomic mass is 16.4. The third-order valence-electron chi connectivity index (χ3n) is 19.6. The largest absolute Gasteiger partial charge is 0.508 e. The molecule has 0 radical (unpaired) electrons. The number of nitrogens with one attached hydrogen (secondary N) is 25. The number of aliphatic hydroxyl groups excluding tert-OH is 3. The van der Waals surface area contributed by atoms with Crippen molar-refractivity contribution in [1.82, 2.24) is 133 Å². The first kappa shape index (κ1) is 122. The minimum atomic E-state index is -1.91. The van der Waals surface area contributed by atoms with Crippen LogP contribution in [0.5, 0.6) is 5.75 Å². The van der Waals surface area contributed by atoms with E-state index in [0.29, 0.717) is 0 Å². The number of carbonyl (C=O) groups excluding carboxylic acids is 25. The smallest absolute Gasteiger partial charge is 0.322 e. The molecule has 0 aromatic heterocycles. The van der Waals surface area contributed by atoms with E-state index >= 15 is 0 Å². The number of rotatable bonds is 64. The van der Waals surface area contributed by atoms with Crippen molar-refractivity contribution in [2.45, 2.75) is 178 Å². The lowest BCUT2D eigenvalue weighted by Crippen LogP contribution is -2.58. The maximum atomic E-state index is 14.2. The summed E-state index contributed by atoms with van der Waals surface area (Å²) in [6.07, 6.45) is -2.44. The van der Waals surface area contributed by atoms with Gasteiger partial charge in [0.2, 0.25) is 148 Å². The van der Waals surface area contributed by atoms with Crippen LogP contribution in [0.4, 0.5) is 0 Å². The fourth-order valence-electron chi connectivity index (χ4n) is 12.3. The number of hydrogen-bond donors (Lipinski definition) is 34. The van der Waals surface area contributed by atoms with Crippen molar-refractivity contribution in [3.05, 3.63) is 29.8 Å². The second-order valence-corrected chi connectivity index (χ2v) is 31.9. The summed E-state index contributed by atoms with van der Waals surface area (Å²) in [5.41, 5.74) is 16.1. The molecule has 1 heterocycles. The summed E-state index contributed by atoms with van der Waals surface area (Å²) in [6, 6.07) is -14.6. The molecule has 1 aromatic rings. The van der Waals surface area contributed by atoms with Gasteiger partial charge in [-0.05, 0) is 89.8 Å². The highest BCUT2D eigenvalue weighted by Crippen LogP contribution is 2.20. The molecule has 0 saturated carbocycles. The Balaban J connectivity index is 1.96. The number of aromatic hydroxyl groups is 1. The Morgan fingerprint density at radius 2 is 0.704 bits per heavy atom. The SMILES string of the molecule is CC(C)C[C@H](NC(=O)[C@H](CC(=O)O)NC(=O)[C@H](CCC(N)=O)NC(=O)CNC(=O)CNC(=O)[C@@H]1CCCN1C(=O)[C@H](CCCNC(=N)N)NC(=O)CNC(=O)CNC(=O)[C@H](CO)NC(=O)[C@H](Cc1ccc(O)cc1)NC(=O)CNC(=O)[C@H](CO)NC(=O)CNC(=O)[C@H](C)NC(=O)CNC(=O)[C@H](C)NC(=O)CNC(=O)[C@H](CO)NC(=O)CNC(=O)[C@H](C)NC(=O)CNC(=O)[C@H](C)NC(=O)CN)C(=O)NCC(=O)O. The summed E-state index contributed by atoms with van der Waals surface area (Å²) >= 11 is 0. The van der Waals surface area contributed by atoms with Crippen LogP contribution in [0.15, 0.2) is 24.3 Å². The monoisotopic (exact) mass is 2020 g/mol. The van der Waals surface area contributed by atoms with Crippen LogP contribution in [-0.2, 0) is 136 Å². The number of carboxylic acids is 2. The zero-order chi connectivity index (χ0) is 107. The van der Waals surface area contributed by atoms with E-state index < -0.39 is 362 Å². The van der Waals surface area contributed by atoms with Gasteiger partial charge in [0.1, 0.15) is 90.8 Å². The molecule has 13 atom stereocenters. The number of aliphatic hydroxyl groups is 3. The van der Waals surface area contributed by atoms with Gasteiger partial charge in [0, 0.05) is 25.9 Å². The molecule has 0 spiro atoms. The van der Waals surface area contributed by atoms with Gasteiger partial charge in [0.15, 0.2) is 5.96 Å². The van der Waals surface area contributed by atoms with E-state index in [-0.39, 0.29) is 69.0 Å². The van der Waals surface area contributed by atoms with Gasteiger partial charge < -0.3 is 180 Å². The molecule has 0 aliphatic carbocycles. The minimum absolute atomic E-state index is 0.00110. The van der Waals surface area contributed by atoms with Crippen LogP contribution < -0.4 is 145 Å². The van der Waals surface area contributed by atoms with Gasteiger partial charge in [0.05, 0.1) is 98.2 Å². The van der Waals surface area contributed by atoms with E-state index in [0.717, 1.165) is 11.8 Å². The van der Waals surface area contributed by atoms with Crippen LogP contribution in [0, 0.1) is 11.3 Å². The Hall–Kier alpha value is -16.2. The van der Waals surface area contributed by atoms with Crippen LogP contribution in [0.3, 0.4) is 0 Å². The quantitative estimate of drug-likeness (QED) is 0.0164. The van der Waals surface area contributed by atoms with Gasteiger partial charge in [-0.1, -0.05) is 26.0 Å². The second kappa shape index (κ2) is 64.1. The summed E-state index contributed by atoms with van der Waals surface area (Å²) in [6.45, 7) is -4.55. The number of amides is 25. The number of carbonyl (C=O) groups is 27. The first-order chi connectivity index (χ1) is 66.8. The van der Waals surface area contributed by atoms with Crippen LogP contribution in [0.2, 0.25) is 0 Å². The third-order valence-corrected chi connectivity index (χ3v) is 19.6. The van der Waals surface area contributed by atoms with Gasteiger partial charge in [-0.2, -0.15) is 0 Å². The number of benzene rings is 1. The number of nitrogens with two attached hydrogens (primary N) is 3. The van der Waals surface area contributed by atoms with Crippen LogP contribution >= 0.6 is 0 Å². The predicted octanol–water partition coefficient (Wildman–Crippen LogP) is -19.8.